The van der Waals surface area contributed by atoms with Crippen LogP contribution in [0.3, 0.4) is 0 Å². The summed E-state index contributed by atoms with van der Waals surface area (Å²) in [6, 6.07) is 0. The van der Waals surface area contributed by atoms with Crippen molar-refractivity contribution in [3.63, 3.8) is 0 Å². The minimum atomic E-state index is -0.547. The highest BCUT2D eigenvalue weighted by molar-refractivity contribution is 5.76. The van der Waals surface area contributed by atoms with Crippen molar-refractivity contribution >= 4 is 5.91 Å². The third-order valence-corrected chi connectivity index (χ3v) is 4.86. The maximum atomic E-state index is 12.1. The van der Waals surface area contributed by atoms with E-state index in [2.05, 4.69) is 19.1 Å². The summed E-state index contributed by atoms with van der Waals surface area (Å²) in [6.45, 7) is 4.50. The monoisotopic (exact) mass is 383 g/mol. The van der Waals surface area contributed by atoms with Crippen LogP contribution >= 0.6 is 0 Å². The molecule has 4 nitrogen and oxygen atoms in total. The van der Waals surface area contributed by atoms with Crippen molar-refractivity contribution in [2.24, 2.45) is 0 Å². The zero-order chi connectivity index (χ0) is 20.2. The summed E-state index contributed by atoms with van der Waals surface area (Å²) in [5, 5.41) is 18.4. The first-order valence-electron chi connectivity index (χ1n) is 11.3. The second-order valence-electron chi connectivity index (χ2n) is 7.75. The maximum Gasteiger partial charge on any atom is 0.222 e. The molecule has 160 valence electrons. The van der Waals surface area contributed by atoms with Crippen molar-refractivity contribution in [1.29, 1.82) is 0 Å². The van der Waals surface area contributed by atoms with Gasteiger partial charge in [0, 0.05) is 19.5 Å². The fraction of sp³-hybridized carbons (Fsp3) is 0.870. The minimum Gasteiger partial charge on any atom is -0.395 e. The number of aliphatic hydroxyl groups is 2. The molecule has 0 spiro atoms. The normalized spacial score (nSPS) is 12.6. The number of rotatable bonds is 19. The van der Waals surface area contributed by atoms with E-state index in [1.165, 1.54) is 70.6 Å². The Morgan fingerprint density at radius 2 is 1.41 bits per heavy atom. The number of hydrogen-bond acceptors (Lipinski definition) is 3. The lowest BCUT2D eigenvalue weighted by molar-refractivity contribution is -0.133. The van der Waals surface area contributed by atoms with Crippen molar-refractivity contribution in [3.8, 4) is 0 Å². The summed E-state index contributed by atoms with van der Waals surface area (Å²) in [5.74, 6) is 0.0441. The van der Waals surface area contributed by atoms with Gasteiger partial charge in [-0.25, -0.2) is 0 Å². The third kappa shape index (κ3) is 18.3. The second kappa shape index (κ2) is 19.9. The molecule has 0 aliphatic rings. The van der Waals surface area contributed by atoms with Crippen LogP contribution in [0.1, 0.15) is 104 Å². The van der Waals surface area contributed by atoms with Crippen LogP contribution in [-0.2, 0) is 4.79 Å². The second-order valence-corrected chi connectivity index (χ2v) is 7.75. The molecule has 0 radical (unpaired) electrons. The van der Waals surface area contributed by atoms with Gasteiger partial charge in [-0.1, -0.05) is 70.4 Å². The molecule has 27 heavy (non-hydrogen) atoms. The van der Waals surface area contributed by atoms with Crippen molar-refractivity contribution in [3.05, 3.63) is 12.2 Å². The molecule has 0 aromatic carbocycles. The van der Waals surface area contributed by atoms with Crippen molar-refractivity contribution < 1.29 is 15.0 Å². The molecule has 0 fully saturated rings. The van der Waals surface area contributed by atoms with Crippen LogP contribution in [0.2, 0.25) is 0 Å². The van der Waals surface area contributed by atoms with Gasteiger partial charge < -0.3 is 15.1 Å². The van der Waals surface area contributed by atoms with E-state index in [0.29, 0.717) is 19.5 Å². The summed E-state index contributed by atoms with van der Waals surface area (Å²) in [7, 11) is 0. The smallest absolute Gasteiger partial charge is 0.222 e. The summed E-state index contributed by atoms with van der Waals surface area (Å²) in [6.07, 6.45) is 20.8. The Morgan fingerprint density at radius 1 is 0.889 bits per heavy atom. The predicted molar refractivity (Wildman–Crippen MR) is 115 cm³/mol. The minimum absolute atomic E-state index is 0.0441. The molecule has 0 saturated carbocycles. The fourth-order valence-corrected chi connectivity index (χ4v) is 3.26. The van der Waals surface area contributed by atoms with Crippen LogP contribution in [0.15, 0.2) is 12.2 Å². The first-order valence-corrected chi connectivity index (χ1v) is 11.3. The number of amides is 1. The molecule has 2 N–H and O–H groups in total. The molecule has 1 amide bonds. The summed E-state index contributed by atoms with van der Waals surface area (Å²) >= 11 is 0. The van der Waals surface area contributed by atoms with Gasteiger partial charge >= 0.3 is 0 Å². The summed E-state index contributed by atoms with van der Waals surface area (Å²) in [5.41, 5.74) is 0. The molecule has 0 saturated heterocycles. The average Bonchev–Trinajstić information content (AvgIpc) is 2.64. The van der Waals surface area contributed by atoms with Crippen LogP contribution < -0.4 is 0 Å². The van der Waals surface area contributed by atoms with E-state index in [0.717, 1.165) is 12.8 Å². The molecule has 0 bridgehead atoms. The molecular weight excluding hydrogens is 338 g/mol. The van der Waals surface area contributed by atoms with Crippen LogP contribution in [0.25, 0.3) is 0 Å². The topological polar surface area (TPSA) is 60.8 Å². The first-order chi connectivity index (χ1) is 13.1. The highest BCUT2D eigenvalue weighted by atomic mass is 16.3. The average molecular weight is 384 g/mol. The van der Waals surface area contributed by atoms with E-state index in [4.69, 9.17) is 5.11 Å². The Bertz CT molecular complexity index is 356. The zero-order valence-corrected chi connectivity index (χ0v) is 18.0. The van der Waals surface area contributed by atoms with Gasteiger partial charge in [-0.15, -0.1) is 0 Å². The number of carbonyl (C=O) groups is 1. The highest BCUT2D eigenvalue weighted by Gasteiger charge is 2.14. The van der Waals surface area contributed by atoms with Crippen LogP contribution in [-0.4, -0.2) is 46.8 Å². The highest BCUT2D eigenvalue weighted by Crippen LogP contribution is 2.10. The van der Waals surface area contributed by atoms with Gasteiger partial charge in [0.1, 0.15) is 0 Å². The van der Waals surface area contributed by atoms with Gasteiger partial charge in [0.15, 0.2) is 0 Å². The van der Waals surface area contributed by atoms with E-state index < -0.39 is 6.10 Å². The van der Waals surface area contributed by atoms with Gasteiger partial charge in [0.05, 0.1) is 12.7 Å². The Morgan fingerprint density at radius 3 is 1.93 bits per heavy atom. The number of unbranched alkanes of at least 4 members (excludes halogenated alkanes) is 11. The molecule has 1 unspecified atom stereocenters. The number of allylic oxidation sites excluding steroid dienone is 2. The van der Waals surface area contributed by atoms with Crippen molar-refractivity contribution in [2.45, 2.75) is 110 Å². The quantitative estimate of drug-likeness (QED) is 0.237. The van der Waals surface area contributed by atoms with Gasteiger partial charge in [-0.05, 0) is 39.0 Å². The van der Waals surface area contributed by atoms with Crippen molar-refractivity contribution in [1.82, 2.24) is 4.90 Å². The van der Waals surface area contributed by atoms with E-state index in [9.17, 15) is 9.90 Å². The van der Waals surface area contributed by atoms with Crippen LogP contribution in [0, 0.1) is 0 Å². The standard InChI is InChI=1S/C23H45NO3/c1-3-4-5-6-7-8-9-10-11-12-13-14-15-16-17-18-23(27)24(19-20-25)21-22(2)26/h10-11,22,25-26H,3-9,12-21H2,1-2H3/b11-10-. The molecule has 0 heterocycles. The molecule has 0 aromatic heterocycles. The van der Waals surface area contributed by atoms with Crippen molar-refractivity contribution in [2.75, 3.05) is 19.7 Å². The van der Waals surface area contributed by atoms with Gasteiger partial charge in [0.2, 0.25) is 5.91 Å². The molecule has 0 aromatic rings. The molecule has 4 heteroatoms. The Labute approximate surface area is 168 Å². The fourth-order valence-electron chi connectivity index (χ4n) is 3.26. The predicted octanol–water partition coefficient (Wildman–Crippen LogP) is 5.23. The Kier molecular flexibility index (Phi) is 19.2. The van der Waals surface area contributed by atoms with Crippen LogP contribution in [0.5, 0.6) is 0 Å². The molecule has 0 aliphatic carbocycles. The Hall–Kier alpha value is -0.870. The van der Waals surface area contributed by atoms with Gasteiger partial charge in [-0.3, -0.25) is 4.79 Å². The first kappa shape index (κ1) is 26.1. The lowest BCUT2D eigenvalue weighted by atomic mass is 10.1. The zero-order valence-electron chi connectivity index (χ0n) is 18.0. The lowest BCUT2D eigenvalue weighted by Crippen LogP contribution is -2.38. The summed E-state index contributed by atoms with van der Waals surface area (Å²) < 4.78 is 0. The van der Waals surface area contributed by atoms with E-state index in [1.54, 1.807) is 11.8 Å². The van der Waals surface area contributed by atoms with Gasteiger partial charge in [0.25, 0.3) is 0 Å². The maximum absolute atomic E-state index is 12.1. The molecule has 1 atom stereocenters. The molecular formula is C23H45NO3. The van der Waals surface area contributed by atoms with E-state index in [1.807, 2.05) is 0 Å². The third-order valence-electron chi connectivity index (χ3n) is 4.86. The van der Waals surface area contributed by atoms with E-state index >= 15 is 0 Å². The molecule has 0 aliphatic heterocycles. The largest absolute Gasteiger partial charge is 0.395 e. The van der Waals surface area contributed by atoms with Gasteiger partial charge in [-0.2, -0.15) is 0 Å². The Balaban J connectivity index is 3.47. The number of nitrogens with zero attached hydrogens (tertiary/aromatic N) is 1. The SMILES string of the molecule is CCCCCCCC/C=C\CCCCCCCC(=O)N(CCO)CC(C)O. The summed E-state index contributed by atoms with van der Waals surface area (Å²) in [4.78, 5) is 13.7. The molecule has 0 rings (SSSR count). The number of aliphatic hydroxyl groups excluding tert-OH is 2. The number of hydrogen-bond donors (Lipinski definition) is 2. The van der Waals surface area contributed by atoms with Crippen LogP contribution in [0.4, 0.5) is 0 Å². The number of carbonyl (C=O) groups excluding carboxylic acids is 1. The van der Waals surface area contributed by atoms with E-state index in [-0.39, 0.29) is 12.5 Å². The lowest BCUT2D eigenvalue weighted by Gasteiger charge is -2.23.